The van der Waals surface area contributed by atoms with E-state index in [1.54, 1.807) is 0 Å². The molecule has 1 fully saturated rings. The van der Waals surface area contributed by atoms with Crippen LogP contribution in [0.3, 0.4) is 0 Å². The van der Waals surface area contributed by atoms with Crippen LogP contribution in [0.1, 0.15) is 43.2 Å². The molecule has 2 atom stereocenters. The van der Waals surface area contributed by atoms with E-state index in [2.05, 4.69) is 12.2 Å². The van der Waals surface area contributed by atoms with E-state index < -0.39 is 10.0 Å². The average Bonchev–Trinajstić information content (AvgIpc) is 2.88. The molecular weight excluding hydrogens is 292 g/mol. The molecule has 6 nitrogen and oxygen atoms in total. The van der Waals surface area contributed by atoms with Gasteiger partial charge in [-0.15, -0.1) is 0 Å². The number of carbonyl (C=O) groups excluding carboxylic acids is 1. The van der Waals surface area contributed by atoms with Crippen molar-refractivity contribution in [2.45, 2.75) is 43.7 Å². The quantitative estimate of drug-likeness (QED) is 0.919. The third-order valence-corrected chi connectivity index (χ3v) is 5.50. The summed E-state index contributed by atoms with van der Waals surface area (Å²) in [6.07, 6.45) is 4.21. The van der Waals surface area contributed by atoms with Gasteiger partial charge in [-0.1, -0.05) is 19.8 Å². The summed E-state index contributed by atoms with van der Waals surface area (Å²) in [4.78, 5) is 12.1. The van der Waals surface area contributed by atoms with Crippen molar-refractivity contribution in [1.29, 1.82) is 0 Å². The van der Waals surface area contributed by atoms with Crippen LogP contribution in [0.4, 0.5) is 0 Å². The highest BCUT2D eigenvalue weighted by molar-refractivity contribution is 7.88. The molecule has 0 saturated heterocycles. The van der Waals surface area contributed by atoms with E-state index in [4.69, 9.17) is 4.42 Å². The predicted molar refractivity (Wildman–Crippen MR) is 78.5 cm³/mol. The normalized spacial score (nSPS) is 23.2. The molecule has 0 radical (unpaired) electrons. The Hall–Kier alpha value is -1.34. The van der Waals surface area contributed by atoms with E-state index >= 15 is 0 Å². The van der Waals surface area contributed by atoms with Crippen molar-refractivity contribution >= 4 is 15.9 Å². The summed E-state index contributed by atoms with van der Waals surface area (Å²) in [6, 6.07) is 2.85. The Morgan fingerprint density at radius 1 is 1.33 bits per heavy atom. The third kappa shape index (κ3) is 3.65. The topological polar surface area (TPSA) is 79.6 Å². The molecule has 1 heterocycles. The van der Waals surface area contributed by atoms with Gasteiger partial charge in [0.1, 0.15) is 0 Å². The van der Waals surface area contributed by atoms with Crippen molar-refractivity contribution in [1.82, 2.24) is 9.62 Å². The zero-order valence-electron chi connectivity index (χ0n) is 12.6. The number of carbonyl (C=O) groups is 1. The summed E-state index contributed by atoms with van der Waals surface area (Å²) in [5.41, 5.74) is 0. The highest BCUT2D eigenvalue weighted by Crippen LogP contribution is 2.24. The van der Waals surface area contributed by atoms with Crippen molar-refractivity contribution in [3.8, 4) is 0 Å². The van der Waals surface area contributed by atoms with E-state index in [0.29, 0.717) is 5.92 Å². The number of hydrogen-bond donors (Lipinski definition) is 1. The second kappa shape index (κ2) is 6.19. The number of nitrogens with one attached hydrogen (secondary N) is 1. The highest BCUT2D eigenvalue weighted by atomic mass is 32.2. The van der Waals surface area contributed by atoms with Crippen molar-refractivity contribution in [3.63, 3.8) is 0 Å². The number of nitrogens with zero attached hydrogens (tertiary/aromatic N) is 1. The van der Waals surface area contributed by atoms with Gasteiger partial charge in [-0.3, -0.25) is 4.79 Å². The molecule has 0 aliphatic heterocycles. The largest absolute Gasteiger partial charge is 0.438 e. The predicted octanol–water partition coefficient (Wildman–Crippen LogP) is 1.84. The molecule has 1 aromatic heterocycles. The highest BCUT2D eigenvalue weighted by Gasteiger charge is 2.25. The van der Waals surface area contributed by atoms with Gasteiger partial charge in [-0.2, -0.15) is 0 Å². The lowest BCUT2D eigenvalue weighted by Crippen LogP contribution is -2.37. The van der Waals surface area contributed by atoms with Crippen LogP contribution < -0.4 is 5.32 Å². The van der Waals surface area contributed by atoms with Crippen molar-refractivity contribution < 1.29 is 17.6 Å². The van der Waals surface area contributed by atoms with Crippen LogP contribution in [-0.2, 0) is 10.0 Å². The molecule has 2 rings (SSSR count). The first kappa shape index (κ1) is 16.0. The maximum absolute atomic E-state index is 12.1. The molecule has 1 N–H and O–H groups in total. The average molecular weight is 314 g/mol. The molecule has 1 aliphatic rings. The van der Waals surface area contributed by atoms with Crippen molar-refractivity contribution in [3.05, 3.63) is 17.9 Å². The smallest absolute Gasteiger partial charge is 0.287 e. The molecule has 0 unspecified atom stereocenters. The van der Waals surface area contributed by atoms with Gasteiger partial charge in [0.2, 0.25) is 5.09 Å². The van der Waals surface area contributed by atoms with Crippen LogP contribution in [0.2, 0.25) is 0 Å². The van der Waals surface area contributed by atoms with E-state index in [1.165, 1.54) is 32.6 Å². The number of furan rings is 1. The molecule has 1 amide bonds. The number of hydrogen-bond acceptors (Lipinski definition) is 4. The minimum absolute atomic E-state index is 0.0358. The first-order valence-corrected chi connectivity index (χ1v) is 8.58. The minimum Gasteiger partial charge on any atom is -0.438 e. The molecule has 7 heteroatoms. The molecule has 1 aliphatic carbocycles. The van der Waals surface area contributed by atoms with E-state index in [9.17, 15) is 13.2 Å². The summed E-state index contributed by atoms with van der Waals surface area (Å²) >= 11 is 0. The van der Waals surface area contributed by atoms with Gasteiger partial charge in [0.05, 0.1) is 0 Å². The van der Waals surface area contributed by atoms with Crippen LogP contribution in [0.25, 0.3) is 0 Å². The lowest BCUT2D eigenvalue weighted by Gasteiger charge is -2.27. The van der Waals surface area contributed by atoms with Crippen LogP contribution in [0.15, 0.2) is 21.6 Å². The molecule has 0 bridgehead atoms. The Labute approximate surface area is 125 Å². The number of sulfonamides is 1. The minimum atomic E-state index is -3.64. The molecule has 1 saturated carbocycles. The van der Waals surface area contributed by atoms with E-state index in [-0.39, 0.29) is 22.8 Å². The third-order valence-electron chi connectivity index (χ3n) is 3.81. The molecule has 0 spiro atoms. The summed E-state index contributed by atoms with van der Waals surface area (Å²) in [7, 11) is -0.809. The van der Waals surface area contributed by atoms with E-state index in [0.717, 1.165) is 23.6 Å². The molecule has 0 aromatic carbocycles. The second-order valence-electron chi connectivity index (χ2n) is 5.85. The zero-order chi connectivity index (χ0) is 15.6. The Bertz CT molecular complexity index is 606. The SMILES string of the molecule is C[C@@H]1CCC[C@@H](NC(=O)c2ccc(S(=O)(=O)N(C)C)o2)C1. The number of amides is 1. The number of rotatable bonds is 4. The van der Waals surface area contributed by atoms with Gasteiger partial charge >= 0.3 is 0 Å². The fourth-order valence-corrected chi connectivity index (χ4v) is 3.38. The zero-order valence-corrected chi connectivity index (χ0v) is 13.4. The van der Waals surface area contributed by atoms with Crippen molar-refractivity contribution in [2.75, 3.05) is 14.1 Å². The fraction of sp³-hybridized carbons (Fsp3) is 0.643. The standard InChI is InChI=1S/C14H22N2O4S/c1-10-5-4-6-11(9-10)15-14(17)12-7-8-13(20-12)21(18,19)16(2)3/h7-8,10-11H,4-6,9H2,1-3H3,(H,15,17)/t10-,11-/m1/s1. The van der Waals surface area contributed by atoms with Crippen LogP contribution in [-0.4, -0.2) is 38.8 Å². The van der Waals surface area contributed by atoms with Crippen LogP contribution in [0, 0.1) is 5.92 Å². The monoisotopic (exact) mass is 314 g/mol. The second-order valence-corrected chi connectivity index (χ2v) is 7.93. The Morgan fingerprint density at radius 2 is 2.05 bits per heavy atom. The summed E-state index contributed by atoms with van der Waals surface area (Å²) < 4.78 is 30.1. The van der Waals surface area contributed by atoms with Crippen molar-refractivity contribution in [2.24, 2.45) is 5.92 Å². The summed E-state index contributed by atoms with van der Waals surface area (Å²) in [6.45, 7) is 2.17. The maximum Gasteiger partial charge on any atom is 0.287 e. The van der Waals surface area contributed by atoms with Gasteiger partial charge in [0, 0.05) is 20.1 Å². The van der Waals surface area contributed by atoms with Crippen LogP contribution >= 0.6 is 0 Å². The molecule has 21 heavy (non-hydrogen) atoms. The van der Waals surface area contributed by atoms with Gasteiger partial charge in [0.25, 0.3) is 15.9 Å². The molecular formula is C14H22N2O4S. The lowest BCUT2D eigenvalue weighted by molar-refractivity contribution is 0.0887. The Morgan fingerprint density at radius 3 is 2.67 bits per heavy atom. The Balaban J connectivity index is 2.06. The lowest BCUT2D eigenvalue weighted by atomic mass is 9.87. The van der Waals surface area contributed by atoms with Gasteiger partial charge in [0.15, 0.2) is 5.76 Å². The first-order valence-electron chi connectivity index (χ1n) is 7.14. The van der Waals surface area contributed by atoms with Gasteiger partial charge < -0.3 is 9.73 Å². The summed E-state index contributed by atoms with van der Waals surface area (Å²) in [5, 5.41) is 2.71. The van der Waals surface area contributed by atoms with Crippen LogP contribution in [0.5, 0.6) is 0 Å². The molecule has 118 valence electrons. The summed E-state index contributed by atoms with van der Waals surface area (Å²) in [5.74, 6) is 0.285. The Kier molecular flexibility index (Phi) is 4.73. The maximum atomic E-state index is 12.1. The molecule has 1 aromatic rings. The van der Waals surface area contributed by atoms with E-state index in [1.807, 2.05) is 0 Å². The first-order chi connectivity index (χ1) is 9.80. The van der Waals surface area contributed by atoms with Gasteiger partial charge in [-0.05, 0) is 30.9 Å². The fourth-order valence-electron chi connectivity index (χ4n) is 2.58. The van der Waals surface area contributed by atoms with Gasteiger partial charge in [-0.25, -0.2) is 12.7 Å².